The summed E-state index contributed by atoms with van der Waals surface area (Å²) < 4.78 is 10.5. The van der Waals surface area contributed by atoms with E-state index in [0.717, 1.165) is 30.8 Å². The van der Waals surface area contributed by atoms with Crippen molar-refractivity contribution < 1.29 is 9.47 Å². The molecule has 0 radical (unpaired) electrons. The Labute approximate surface area is 91.5 Å². The highest BCUT2D eigenvalue weighted by molar-refractivity contribution is 5.40. The van der Waals surface area contributed by atoms with Gasteiger partial charge in [-0.2, -0.15) is 0 Å². The predicted octanol–water partition coefficient (Wildman–Crippen LogP) is 3.21. The molecule has 0 saturated carbocycles. The van der Waals surface area contributed by atoms with Crippen LogP contribution >= 0.6 is 0 Å². The molecule has 0 saturated heterocycles. The predicted molar refractivity (Wildman–Crippen MR) is 62.7 cm³/mol. The molecule has 0 bridgehead atoms. The minimum Gasteiger partial charge on any atom is -0.497 e. The summed E-state index contributed by atoms with van der Waals surface area (Å²) in [7, 11) is 3.37. The first-order valence-corrected chi connectivity index (χ1v) is 5.13. The van der Waals surface area contributed by atoms with E-state index in [-0.39, 0.29) is 0 Å². The molecule has 1 rings (SSSR count). The van der Waals surface area contributed by atoms with Crippen LogP contribution in [-0.2, 0) is 6.42 Å². The Morgan fingerprint density at radius 3 is 2.67 bits per heavy atom. The van der Waals surface area contributed by atoms with E-state index in [9.17, 15) is 0 Å². The van der Waals surface area contributed by atoms with E-state index in [0.29, 0.717) is 0 Å². The van der Waals surface area contributed by atoms with Crippen molar-refractivity contribution in [3.05, 3.63) is 36.4 Å². The number of ether oxygens (including phenoxy) is 2. The van der Waals surface area contributed by atoms with E-state index in [1.165, 1.54) is 5.56 Å². The third-order valence-electron chi connectivity index (χ3n) is 2.34. The van der Waals surface area contributed by atoms with Crippen molar-refractivity contribution >= 4 is 0 Å². The van der Waals surface area contributed by atoms with Gasteiger partial charge in [0.05, 0.1) is 14.2 Å². The van der Waals surface area contributed by atoms with Crippen molar-refractivity contribution in [2.24, 2.45) is 0 Å². The van der Waals surface area contributed by atoms with Crippen LogP contribution in [0.1, 0.15) is 18.4 Å². The van der Waals surface area contributed by atoms with Crippen LogP contribution in [0.4, 0.5) is 0 Å². The van der Waals surface area contributed by atoms with Crippen molar-refractivity contribution in [2.45, 2.75) is 19.3 Å². The lowest BCUT2D eigenvalue weighted by atomic mass is 10.1. The number of rotatable bonds is 6. The minimum absolute atomic E-state index is 0.879. The molecule has 0 unspecified atom stereocenters. The van der Waals surface area contributed by atoms with Gasteiger partial charge in [-0.05, 0) is 43.0 Å². The van der Waals surface area contributed by atoms with Crippen molar-refractivity contribution in [1.82, 2.24) is 0 Å². The van der Waals surface area contributed by atoms with Crippen molar-refractivity contribution in [3.63, 3.8) is 0 Å². The Morgan fingerprint density at radius 2 is 2.07 bits per heavy atom. The van der Waals surface area contributed by atoms with Gasteiger partial charge < -0.3 is 9.47 Å². The van der Waals surface area contributed by atoms with Crippen LogP contribution in [0.25, 0.3) is 0 Å². The summed E-state index contributed by atoms with van der Waals surface area (Å²) in [6.07, 6.45) is 5.05. The van der Waals surface area contributed by atoms with Gasteiger partial charge in [-0.3, -0.25) is 0 Å². The minimum atomic E-state index is 0.879. The molecule has 1 aromatic carbocycles. The fraction of sp³-hybridized carbons (Fsp3) is 0.385. The summed E-state index contributed by atoms with van der Waals surface area (Å²) in [5, 5.41) is 0. The summed E-state index contributed by atoms with van der Waals surface area (Å²) >= 11 is 0. The Hall–Kier alpha value is -1.44. The molecule has 2 heteroatoms. The highest BCUT2D eigenvalue weighted by Gasteiger charge is 2.03. The van der Waals surface area contributed by atoms with E-state index in [4.69, 9.17) is 9.47 Å². The molecule has 0 heterocycles. The third-order valence-corrected chi connectivity index (χ3v) is 2.34. The van der Waals surface area contributed by atoms with Crippen molar-refractivity contribution in [1.29, 1.82) is 0 Å². The molecular formula is C13H18O2. The van der Waals surface area contributed by atoms with Crippen LogP contribution in [0.3, 0.4) is 0 Å². The van der Waals surface area contributed by atoms with Gasteiger partial charge in [0, 0.05) is 0 Å². The van der Waals surface area contributed by atoms with E-state index in [2.05, 4.69) is 6.58 Å². The van der Waals surface area contributed by atoms with Gasteiger partial charge >= 0.3 is 0 Å². The quantitative estimate of drug-likeness (QED) is 0.525. The van der Waals surface area contributed by atoms with Gasteiger partial charge in [-0.25, -0.2) is 0 Å². The molecule has 0 N–H and O–H groups in total. The van der Waals surface area contributed by atoms with Gasteiger partial charge in [-0.15, -0.1) is 6.58 Å². The number of hydrogen-bond donors (Lipinski definition) is 0. The summed E-state index contributed by atoms with van der Waals surface area (Å²) in [5.41, 5.74) is 1.19. The normalized spacial score (nSPS) is 9.73. The van der Waals surface area contributed by atoms with Crippen LogP contribution in [0.5, 0.6) is 11.5 Å². The summed E-state index contributed by atoms with van der Waals surface area (Å²) in [4.78, 5) is 0. The number of benzene rings is 1. The largest absolute Gasteiger partial charge is 0.497 e. The zero-order valence-electron chi connectivity index (χ0n) is 9.45. The molecule has 1 aromatic rings. The number of allylic oxidation sites excluding steroid dienone is 1. The monoisotopic (exact) mass is 206 g/mol. The molecule has 0 fully saturated rings. The number of hydrogen-bond acceptors (Lipinski definition) is 2. The first kappa shape index (κ1) is 11.6. The molecule has 15 heavy (non-hydrogen) atoms. The molecule has 0 spiro atoms. The van der Waals surface area contributed by atoms with E-state index in [1.807, 2.05) is 24.3 Å². The zero-order chi connectivity index (χ0) is 11.1. The maximum atomic E-state index is 5.29. The lowest BCUT2D eigenvalue weighted by Crippen LogP contribution is -1.93. The van der Waals surface area contributed by atoms with Gasteiger partial charge in [0.25, 0.3) is 0 Å². The number of methoxy groups -OCH3 is 2. The molecule has 0 aliphatic carbocycles. The first-order valence-electron chi connectivity index (χ1n) is 5.13. The summed E-state index contributed by atoms with van der Waals surface area (Å²) in [6.45, 7) is 3.71. The van der Waals surface area contributed by atoms with Crippen LogP contribution in [0.2, 0.25) is 0 Å². The fourth-order valence-corrected chi connectivity index (χ4v) is 1.51. The average Bonchev–Trinajstić information content (AvgIpc) is 2.29. The smallest absolute Gasteiger partial charge is 0.122 e. The number of aryl methyl sites for hydroxylation is 1. The highest BCUT2D eigenvalue weighted by Crippen LogP contribution is 2.25. The topological polar surface area (TPSA) is 18.5 Å². The molecule has 0 amide bonds. The zero-order valence-corrected chi connectivity index (χ0v) is 9.45. The van der Waals surface area contributed by atoms with Crippen LogP contribution in [0, 0.1) is 0 Å². The standard InChI is InChI=1S/C13H18O2/c1-4-5-6-7-11-10-12(14-2)8-9-13(11)15-3/h4,8-10H,1,5-7H2,2-3H3. The average molecular weight is 206 g/mol. The SMILES string of the molecule is C=CCCCc1cc(OC)ccc1OC. The number of unbranched alkanes of at least 4 members (excludes halogenated alkanes) is 1. The Morgan fingerprint density at radius 1 is 1.27 bits per heavy atom. The lowest BCUT2D eigenvalue weighted by Gasteiger charge is -2.09. The molecule has 2 nitrogen and oxygen atoms in total. The van der Waals surface area contributed by atoms with Crippen molar-refractivity contribution in [3.8, 4) is 11.5 Å². The molecular weight excluding hydrogens is 188 g/mol. The third kappa shape index (κ3) is 3.31. The van der Waals surface area contributed by atoms with Crippen LogP contribution in [-0.4, -0.2) is 14.2 Å². The second kappa shape index (κ2) is 6.12. The maximum absolute atomic E-state index is 5.29. The Bertz CT molecular complexity index is 318. The molecule has 0 aromatic heterocycles. The fourth-order valence-electron chi connectivity index (χ4n) is 1.51. The first-order chi connectivity index (χ1) is 7.31. The van der Waals surface area contributed by atoms with E-state index >= 15 is 0 Å². The molecule has 0 atom stereocenters. The maximum Gasteiger partial charge on any atom is 0.122 e. The van der Waals surface area contributed by atoms with Crippen molar-refractivity contribution in [2.75, 3.05) is 14.2 Å². The van der Waals surface area contributed by atoms with Crippen LogP contribution in [0.15, 0.2) is 30.9 Å². The van der Waals surface area contributed by atoms with Gasteiger partial charge in [0.2, 0.25) is 0 Å². The Kier molecular flexibility index (Phi) is 4.75. The second-order valence-corrected chi connectivity index (χ2v) is 3.36. The highest BCUT2D eigenvalue weighted by atomic mass is 16.5. The van der Waals surface area contributed by atoms with Crippen LogP contribution < -0.4 is 9.47 Å². The van der Waals surface area contributed by atoms with Gasteiger partial charge in [0.15, 0.2) is 0 Å². The van der Waals surface area contributed by atoms with E-state index < -0.39 is 0 Å². The van der Waals surface area contributed by atoms with E-state index in [1.54, 1.807) is 14.2 Å². The Balaban J connectivity index is 2.76. The second-order valence-electron chi connectivity index (χ2n) is 3.36. The summed E-state index contributed by atoms with van der Waals surface area (Å²) in [6, 6.07) is 5.89. The molecule has 0 aliphatic rings. The van der Waals surface area contributed by atoms with Gasteiger partial charge in [-0.1, -0.05) is 6.08 Å². The van der Waals surface area contributed by atoms with Gasteiger partial charge in [0.1, 0.15) is 11.5 Å². The molecule has 82 valence electrons. The summed E-state index contributed by atoms with van der Waals surface area (Å²) in [5.74, 6) is 1.81. The lowest BCUT2D eigenvalue weighted by molar-refractivity contribution is 0.398. The molecule has 0 aliphatic heterocycles.